The van der Waals surface area contributed by atoms with E-state index in [0.29, 0.717) is 17.4 Å². The highest BCUT2D eigenvalue weighted by atomic mass is 16.2. The van der Waals surface area contributed by atoms with Crippen molar-refractivity contribution >= 4 is 17.4 Å². The molecule has 0 bridgehead atoms. The number of hydrogen-bond donors (Lipinski definition) is 1. The number of likely N-dealkylation sites (tertiary alicyclic amines) is 1. The molecule has 1 aliphatic rings. The Morgan fingerprint density at radius 2 is 1.71 bits per heavy atom. The maximum absolute atomic E-state index is 12.4. The largest absolute Gasteiger partial charge is 0.339 e. The Morgan fingerprint density at radius 1 is 1.00 bits per heavy atom. The first-order chi connectivity index (χ1) is 11.6. The molecule has 0 radical (unpaired) electrons. The van der Waals surface area contributed by atoms with E-state index in [1.54, 1.807) is 12.1 Å². The highest BCUT2D eigenvalue weighted by molar-refractivity contribution is 5.92. The summed E-state index contributed by atoms with van der Waals surface area (Å²) in [6, 6.07) is 11.8. The number of nitrogens with one attached hydrogen (secondary N) is 1. The number of piperidine rings is 1. The zero-order valence-corrected chi connectivity index (χ0v) is 14.3. The second-order valence-electron chi connectivity index (χ2n) is 6.56. The number of nitrogens with zero attached hydrogens (tertiary/aromatic N) is 3. The number of amides is 1. The van der Waals surface area contributed by atoms with E-state index in [1.165, 1.54) is 12.0 Å². The summed E-state index contributed by atoms with van der Waals surface area (Å²) in [4.78, 5) is 14.2. The molecule has 2 aromatic rings. The van der Waals surface area contributed by atoms with Crippen LogP contribution < -0.4 is 5.32 Å². The van der Waals surface area contributed by atoms with Crippen molar-refractivity contribution in [1.82, 2.24) is 15.1 Å². The van der Waals surface area contributed by atoms with Crippen LogP contribution >= 0.6 is 0 Å². The maximum atomic E-state index is 12.4. The Morgan fingerprint density at radius 3 is 2.29 bits per heavy atom. The van der Waals surface area contributed by atoms with Crippen LogP contribution in [0.2, 0.25) is 0 Å². The molecule has 24 heavy (non-hydrogen) atoms. The molecule has 0 saturated carbocycles. The molecular weight excluding hydrogens is 300 g/mol. The predicted octanol–water partition coefficient (Wildman–Crippen LogP) is 3.97. The molecule has 5 heteroatoms. The zero-order valence-electron chi connectivity index (χ0n) is 14.3. The van der Waals surface area contributed by atoms with Crippen LogP contribution in [0.4, 0.5) is 11.5 Å². The van der Waals surface area contributed by atoms with Crippen molar-refractivity contribution in [1.29, 1.82) is 0 Å². The summed E-state index contributed by atoms with van der Waals surface area (Å²) in [5.74, 6) is 1.14. The Kier molecular flexibility index (Phi) is 5.08. The van der Waals surface area contributed by atoms with Gasteiger partial charge in [0.15, 0.2) is 11.5 Å². The lowest BCUT2D eigenvalue weighted by Crippen LogP contribution is -2.36. The summed E-state index contributed by atoms with van der Waals surface area (Å²) in [6.45, 7) is 5.99. The van der Waals surface area contributed by atoms with E-state index >= 15 is 0 Å². The van der Waals surface area contributed by atoms with Crippen LogP contribution in [0.1, 0.15) is 55.1 Å². The van der Waals surface area contributed by atoms with Crippen molar-refractivity contribution < 1.29 is 4.79 Å². The summed E-state index contributed by atoms with van der Waals surface area (Å²) < 4.78 is 0. The fourth-order valence-corrected chi connectivity index (χ4v) is 2.87. The highest BCUT2D eigenvalue weighted by Crippen LogP contribution is 2.19. The minimum Gasteiger partial charge on any atom is -0.339 e. The van der Waals surface area contributed by atoms with Crippen LogP contribution in [0.25, 0.3) is 0 Å². The number of rotatable bonds is 4. The van der Waals surface area contributed by atoms with Crippen molar-refractivity contribution in [3.63, 3.8) is 0 Å². The van der Waals surface area contributed by atoms with Crippen LogP contribution in [-0.4, -0.2) is 34.1 Å². The van der Waals surface area contributed by atoms with Crippen LogP contribution in [0.15, 0.2) is 36.4 Å². The first kappa shape index (κ1) is 16.4. The summed E-state index contributed by atoms with van der Waals surface area (Å²) in [6.07, 6.45) is 3.35. The Labute approximate surface area is 143 Å². The Hall–Kier alpha value is -2.43. The minimum atomic E-state index is -0.0185. The van der Waals surface area contributed by atoms with E-state index in [4.69, 9.17) is 0 Å². The molecule has 1 fully saturated rings. The summed E-state index contributed by atoms with van der Waals surface area (Å²) in [5, 5.41) is 11.4. The quantitative estimate of drug-likeness (QED) is 0.924. The molecule has 1 aromatic heterocycles. The van der Waals surface area contributed by atoms with Gasteiger partial charge in [0.1, 0.15) is 0 Å². The van der Waals surface area contributed by atoms with Crippen LogP contribution in [-0.2, 0) is 0 Å². The van der Waals surface area contributed by atoms with Gasteiger partial charge in [-0.25, -0.2) is 0 Å². The average molecular weight is 324 g/mol. The molecule has 1 N–H and O–H groups in total. The van der Waals surface area contributed by atoms with Gasteiger partial charge in [-0.15, -0.1) is 10.2 Å². The summed E-state index contributed by atoms with van der Waals surface area (Å²) in [5.41, 5.74) is 2.68. The third-order valence-electron chi connectivity index (χ3n) is 4.38. The topological polar surface area (TPSA) is 58.1 Å². The van der Waals surface area contributed by atoms with Gasteiger partial charge in [-0.2, -0.15) is 0 Å². The number of benzene rings is 1. The molecule has 2 heterocycles. The van der Waals surface area contributed by atoms with Gasteiger partial charge in [0.2, 0.25) is 0 Å². The van der Waals surface area contributed by atoms with Crippen molar-refractivity contribution in [2.75, 3.05) is 18.4 Å². The van der Waals surface area contributed by atoms with Gasteiger partial charge < -0.3 is 10.2 Å². The monoisotopic (exact) mass is 324 g/mol. The fraction of sp³-hybridized carbons (Fsp3) is 0.421. The summed E-state index contributed by atoms with van der Waals surface area (Å²) in [7, 11) is 0. The standard InChI is InChI=1S/C19H24N4O/c1-14(2)15-6-8-16(9-7-15)20-18-11-10-17(21-22-18)19(24)23-12-4-3-5-13-23/h6-11,14H,3-5,12-13H2,1-2H3,(H,20,22). The molecule has 1 aliphatic heterocycles. The van der Waals surface area contributed by atoms with Gasteiger partial charge in [0, 0.05) is 18.8 Å². The molecular formula is C19H24N4O. The Bertz CT molecular complexity index is 674. The number of anilines is 2. The molecule has 1 amide bonds. The van der Waals surface area contributed by atoms with Crippen molar-refractivity contribution in [3.8, 4) is 0 Å². The van der Waals surface area contributed by atoms with Gasteiger partial charge in [-0.3, -0.25) is 4.79 Å². The van der Waals surface area contributed by atoms with Gasteiger partial charge in [0.05, 0.1) is 0 Å². The molecule has 3 rings (SSSR count). The van der Waals surface area contributed by atoms with E-state index in [2.05, 4.69) is 41.5 Å². The molecule has 1 aromatic carbocycles. The minimum absolute atomic E-state index is 0.0185. The smallest absolute Gasteiger partial charge is 0.274 e. The van der Waals surface area contributed by atoms with Gasteiger partial charge in [-0.05, 0) is 55.0 Å². The van der Waals surface area contributed by atoms with Crippen LogP contribution in [0.3, 0.4) is 0 Å². The van der Waals surface area contributed by atoms with Gasteiger partial charge in [-0.1, -0.05) is 26.0 Å². The average Bonchev–Trinajstić information content (AvgIpc) is 2.63. The van der Waals surface area contributed by atoms with E-state index in [-0.39, 0.29) is 5.91 Å². The fourth-order valence-electron chi connectivity index (χ4n) is 2.87. The second-order valence-corrected chi connectivity index (χ2v) is 6.56. The SMILES string of the molecule is CC(C)c1ccc(Nc2ccc(C(=O)N3CCCCC3)nn2)cc1. The van der Waals surface area contributed by atoms with Gasteiger partial charge in [0.25, 0.3) is 5.91 Å². The number of hydrogen-bond acceptors (Lipinski definition) is 4. The lowest BCUT2D eigenvalue weighted by Gasteiger charge is -2.26. The Balaban J connectivity index is 1.64. The normalized spacial score (nSPS) is 14.7. The predicted molar refractivity (Wildman–Crippen MR) is 95.6 cm³/mol. The highest BCUT2D eigenvalue weighted by Gasteiger charge is 2.19. The zero-order chi connectivity index (χ0) is 16.9. The number of carbonyl (C=O) groups is 1. The van der Waals surface area contributed by atoms with E-state index in [9.17, 15) is 4.79 Å². The van der Waals surface area contributed by atoms with E-state index in [1.807, 2.05) is 17.0 Å². The second kappa shape index (κ2) is 7.43. The van der Waals surface area contributed by atoms with E-state index in [0.717, 1.165) is 31.6 Å². The van der Waals surface area contributed by atoms with Gasteiger partial charge >= 0.3 is 0 Å². The molecule has 1 saturated heterocycles. The lowest BCUT2D eigenvalue weighted by atomic mass is 10.0. The molecule has 0 spiro atoms. The first-order valence-electron chi connectivity index (χ1n) is 8.63. The van der Waals surface area contributed by atoms with Crippen LogP contribution in [0.5, 0.6) is 0 Å². The molecule has 126 valence electrons. The third-order valence-corrected chi connectivity index (χ3v) is 4.38. The molecule has 0 aliphatic carbocycles. The maximum Gasteiger partial charge on any atom is 0.274 e. The lowest BCUT2D eigenvalue weighted by molar-refractivity contribution is 0.0717. The number of carbonyl (C=O) groups excluding carboxylic acids is 1. The number of aromatic nitrogens is 2. The van der Waals surface area contributed by atoms with E-state index < -0.39 is 0 Å². The van der Waals surface area contributed by atoms with Crippen molar-refractivity contribution in [2.24, 2.45) is 0 Å². The molecule has 0 unspecified atom stereocenters. The van der Waals surface area contributed by atoms with Crippen molar-refractivity contribution in [2.45, 2.75) is 39.0 Å². The third kappa shape index (κ3) is 3.91. The first-order valence-corrected chi connectivity index (χ1v) is 8.63. The van der Waals surface area contributed by atoms with Crippen LogP contribution in [0, 0.1) is 0 Å². The summed E-state index contributed by atoms with van der Waals surface area (Å²) >= 11 is 0. The molecule has 0 atom stereocenters. The molecule has 5 nitrogen and oxygen atoms in total. The van der Waals surface area contributed by atoms with Crippen molar-refractivity contribution in [3.05, 3.63) is 47.7 Å².